The van der Waals surface area contributed by atoms with E-state index in [1.54, 1.807) is 37.3 Å². The summed E-state index contributed by atoms with van der Waals surface area (Å²) in [5, 5.41) is 51.6. The summed E-state index contributed by atoms with van der Waals surface area (Å²) in [4.78, 5) is 60.5. The molecule has 0 radical (unpaired) electrons. The SMILES string of the molecule is CCOC(C)=O.O=C(C[N+](=O)[O-])Nc1ccccc1.O=[N+]([O-])C([N+](=O)[O-])([N+](=O)[O-])[N+](=O)[O-]. The minimum atomic E-state index is -4.61. The maximum atomic E-state index is 10.9. The van der Waals surface area contributed by atoms with Crippen molar-refractivity contribution >= 4 is 17.6 Å². The molecule has 1 aromatic carbocycles. The van der Waals surface area contributed by atoms with Crippen LogP contribution in [0, 0.1) is 50.6 Å². The van der Waals surface area contributed by atoms with Crippen molar-refractivity contribution in [1.82, 2.24) is 0 Å². The average molecular weight is 464 g/mol. The number of amides is 1. The second-order valence-corrected chi connectivity index (χ2v) is 4.96. The molecule has 0 bridgehead atoms. The van der Waals surface area contributed by atoms with E-state index in [4.69, 9.17) is 0 Å². The van der Waals surface area contributed by atoms with Gasteiger partial charge < -0.3 is 10.1 Å². The zero-order valence-electron chi connectivity index (χ0n) is 16.3. The minimum absolute atomic E-state index is 0.211. The number of carbonyl (C=O) groups is 2. The van der Waals surface area contributed by atoms with Crippen molar-refractivity contribution in [3.05, 3.63) is 80.9 Å². The molecule has 1 aromatic rings. The van der Waals surface area contributed by atoms with Gasteiger partial charge in [-0.3, -0.25) is 19.7 Å². The van der Waals surface area contributed by atoms with Crippen molar-refractivity contribution in [3.8, 4) is 0 Å². The number of nitrogens with zero attached hydrogens (tertiary/aromatic N) is 5. The third kappa shape index (κ3) is 10.1. The Hall–Kier alpha value is -4.84. The lowest BCUT2D eigenvalue weighted by molar-refractivity contribution is -1.11. The van der Waals surface area contributed by atoms with E-state index >= 15 is 0 Å². The van der Waals surface area contributed by atoms with Crippen LogP contribution in [0.25, 0.3) is 0 Å². The van der Waals surface area contributed by atoms with Crippen molar-refractivity contribution < 1.29 is 38.9 Å². The number of hydrogen-bond donors (Lipinski definition) is 1. The van der Waals surface area contributed by atoms with Gasteiger partial charge in [0.1, 0.15) is 0 Å². The number of rotatable bonds is 8. The molecule has 0 saturated heterocycles. The molecule has 0 spiro atoms. The molecule has 19 nitrogen and oxygen atoms in total. The number of anilines is 1. The van der Waals surface area contributed by atoms with Gasteiger partial charge in [0, 0.05) is 17.5 Å². The smallest absolute Gasteiger partial charge is 0.466 e. The Kier molecular flexibility index (Phi) is 13.0. The van der Waals surface area contributed by atoms with E-state index in [1.807, 2.05) is 0 Å². The van der Waals surface area contributed by atoms with Crippen LogP contribution < -0.4 is 5.32 Å². The van der Waals surface area contributed by atoms with Gasteiger partial charge in [-0.1, -0.05) is 18.2 Å². The van der Waals surface area contributed by atoms with Crippen molar-refractivity contribution in [2.75, 3.05) is 18.5 Å². The molecular formula is C13H16N6O13. The number of nitrogens with one attached hydrogen (secondary N) is 1. The van der Waals surface area contributed by atoms with Crippen LogP contribution >= 0.6 is 0 Å². The van der Waals surface area contributed by atoms with Gasteiger partial charge in [0.05, 0.1) is 6.61 Å². The highest BCUT2D eigenvalue weighted by Crippen LogP contribution is 2.12. The van der Waals surface area contributed by atoms with Crippen molar-refractivity contribution in [3.63, 3.8) is 0 Å². The molecule has 1 rings (SSSR count). The van der Waals surface area contributed by atoms with E-state index in [0.29, 0.717) is 12.3 Å². The summed E-state index contributed by atoms with van der Waals surface area (Å²) in [5.41, 5.74) is 0.564. The van der Waals surface area contributed by atoms with Gasteiger partial charge >= 0.3 is 11.9 Å². The van der Waals surface area contributed by atoms with E-state index in [2.05, 4.69) is 10.1 Å². The fourth-order valence-electron chi connectivity index (χ4n) is 1.44. The zero-order valence-corrected chi connectivity index (χ0v) is 16.3. The monoisotopic (exact) mass is 464 g/mol. The number of carbonyl (C=O) groups excluding carboxylic acids is 2. The van der Waals surface area contributed by atoms with Crippen LogP contribution in [0.3, 0.4) is 0 Å². The number of benzene rings is 1. The van der Waals surface area contributed by atoms with Crippen LogP contribution in [0.2, 0.25) is 0 Å². The second kappa shape index (κ2) is 14.2. The number of ether oxygens (including phenoxy) is 1. The summed E-state index contributed by atoms with van der Waals surface area (Å²) in [6.45, 7) is 2.95. The Balaban J connectivity index is 0. The molecule has 0 fully saturated rings. The first-order chi connectivity index (χ1) is 14.7. The fourth-order valence-corrected chi connectivity index (χ4v) is 1.44. The van der Waals surface area contributed by atoms with Gasteiger partial charge in [0.15, 0.2) is 0 Å². The van der Waals surface area contributed by atoms with E-state index in [-0.39, 0.29) is 5.97 Å². The molecule has 0 saturated carbocycles. The zero-order chi connectivity index (χ0) is 25.5. The molecule has 0 unspecified atom stereocenters. The first-order valence-electron chi connectivity index (χ1n) is 7.91. The fraction of sp³-hybridized carbons (Fsp3) is 0.385. The molecule has 32 heavy (non-hydrogen) atoms. The lowest BCUT2D eigenvalue weighted by atomic mass is 10.3. The van der Waals surface area contributed by atoms with Crippen LogP contribution in [0.1, 0.15) is 13.8 Å². The van der Waals surface area contributed by atoms with Gasteiger partial charge in [-0.2, -0.15) is 0 Å². The second-order valence-electron chi connectivity index (χ2n) is 4.96. The summed E-state index contributed by atoms with van der Waals surface area (Å²) in [6.07, 6.45) is 0. The highest BCUT2D eigenvalue weighted by atomic mass is 16.8. The van der Waals surface area contributed by atoms with E-state index in [0.717, 1.165) is 0 Å². The van der Waals surface area contributed by atoms with Gasteiger partial charge in [0.25, 0.3) is 32.1 Å². The number of esters is 1. The summed E-state index contributed by atoms with van der Waals surface area (Å²) < 4.78 is 4.40. The van der Waals surface area contributed by atoms with E-state index in [1.165, 1.54) is 6.92 Å². The topological polar surface area (TPSA) is 271 Å². The average Bonchev–Trinajstić information content (AvgIpc) is 2.61. The molecule has 19 heteroatoms. The summed E-state index contributed by atoms with van der Waals surface area (Å²) in [7, 11) is 0. The largest absolute Gasteiger partial charge is 0.955 e. The van der Waals surface area contributed by atoms with Gasteiger partial charge in [-0.15, -0.1) is 0 Å². The van der Waals surface area contributed by atoms with Crippen LogP contribution in [0.5, 0.6) is 0 Å². The minimum Gasteiger partial charge on any atom is -0.466 e. The molecule has 1 N–H and O–H groups in total. The van der Waals surface area contributed by atoms with Gasteiger partial charge in [-0.05, 0) is 19.1 Å². The molecule has 0 aromatic heterocycles. The Morgan fingerprint density at radius 3 is 1.50 bits per heavy atom. The quantitative estimate of drug-likeness (QED) is 0.233. The van der Waals surface area contributed by atoms with Crippen molar-refractivity contribution in [2.45, 2.75) is 19.8 Å². The molecule has 0 aliphatic heterocycles. The molecule has 0 aliphatic carbocycles. The molecule has 0 heterocycles. The van der Waals surface area contributed by atoms with Crippen molar-refractivity contribution in [1.29, 1.82) is 0 Å². The maximum Gasteiger partial charge on any atom is 0.955 e. The number of para-hydroxylation sites is 1. The maximum absolute atomic E-state index is 10.9. The van der Waals surface area contributed by atoms with Gasteiger partial charge in [0.2, 0.25) is 0 Å². The highest BCUT2D eigenvalue weighted by molar-refractivity contribution is 5.91. The molecular weight excluding hydrogens is 448 g/mol. The Morgan fingerprint density at radius 2 is 1.28 bits per heavy atom. The normalized spacial score (nSPS) is 9.44. The third-order valence-corrected chi connectivity index (χ3v) is 2.66. The standard InChI is InChI=1S/C8H8N2O3.C4H8O2.CN4O8/c11-8(6-10(12)13)9-7-4-2-1-3-5-7;1-3-6-4(2)5;6-2(7)1(3(8)9,4(10)11)5(12)13/h1-5H,6H2,(H,9,11);3H2,1-2H3;. The predicted molar refractivity (Wildman–Crippen MR) is 99.9 cm³/mol. The molecule has 0 aliphatic rings. The highest BCUT2D eigenvalue weighted by Gasteiger charge is 2.85. The summed E-state index contributed by atoms with van der Waals surface area (Å²) in [6, 6.07) is 8.60. The summed E-state index contributed by atoms with van der Waals surface area (Å²) in [5.74, 6) is -5.44. The Labute approximate surface area is 176 Å². The molecule has 176 valence electrons. The van der Waals surface area contributed by atoms with E-state index in [9.17, 15) is 60.2 Å². The molecule has 0 atom stereocenters. The van der Waals surface area contributed by atoms with Crippen LogP contribution in [0.15, 0.2) is 30.3 Å². The van der Waals surface area contributed by atoms with Crippen LogP contribution in [-0.2, 0) is 14.3 Å². The van der Waals surface area contributed by atoms with Crippen LogP contribution in [-0.4, -0.2) is 55.6 Å². The third-order valence-electron chi connectivity index (χ3n) is 2.66. The van der Waals surface area contributed by atoms with Crippen LogP contribution in [0.4, 0.5) is 5.69 Å². The number of nitro groups is 5. The summed E-state index contributed by atoms with van der Waals surface area (Å²) >= 11 is 0. The van der Waals surface area contributed by atoms with Crippen molar-refractivity contribution in [2.24, 2.45) is 0 Å². The first kappa shape index (κ1) is 29.4. The lowest BCUT2D eigenvalue weighted by Crippen LogP contribution is -2.59. The van der Waals surface area contributed by atoms with E-state index < -0.39 is 43.0 Å². The predicted octanol–water partition coefficient (Wildman–Crippen LogP) is 0.176. The Morgan fingerprint density at radius 1 is 0.875 bits per heavy atom. The van der Waals surface area contributed by atoms with Gasteiger partial charge in [-0.25, -0.2) is 40.5 Å². The number of hydrogen-bond acceptors (Lipinski definition) is 13. The Bertz CT molecular complexity index is 798. The lowest BCUT2D eigenvalue weighted by Gasteiger charge is -2.00. The molecule has 1 amide bonds. The first-order valence-corrected chi connectivity index (χ1v) is 7.91.